The van der Waals surface area contributed by atoms with Crippen LogP contribution in [0.5, 0.6) is 0 Å². The summed E-state index contributed by atoms with van der Waals surface area (Å²) in [6.45, 7) is 0.483. The van der Waals surface area contributed by atoms with E-state index < -0.39 is 11.9 Å². The SMILES string of the molecule is O=C(O)C1CN(C2CCCC2O)c2ccccc21. The van der Waals surface area contributed by atoms with Crippen LogP contribution in [0.25, 0.3) is 0 Å². The highest BCUT2D eigenvalue weighted by Gasteiger charge is 2.40. The van der Waals surface area contributed by atoms with Crippen LogP contribution in [-0.2, 0) is 4.79 Å². The Balaban J connectivity index is 1.96. The Bertz CT molecular complexity index is 474. The Morgan fingerprint density at radius 3 is 2.72 bits per heavy atom. The summed E-state index contributed by atoms with van der Waals surface area (Å²) in [4.78, 5) is 13.4. The van der Waals surface area contributed by atoms with E-state index in [1.54, 1.807) is 0 Å². The number of carbonyl (C=O) groups is 1. The molecule has 18 heavy (non-hydrogen) atoms. The normalized spacial score (nSPS) is 30.5. The van der Waals surface area contributed by atoms with Crippen LogP contribution in [0.15, 0.2) is 24.3 Å². The van der Waals surface area contributed by atoms with Gasteiger partial charge in [0.15, 0.2) is 0 Å². The Hall–Kier alpha value is -1.55. The molecule has 0 aromatic heterocycles. The van der Waals surface area contributed by atoms with Crippen molar-refractivity contribution < 1.29 is 15.0 Å². The van der Waals surface area contributed by atoms with Gasteiger partial charge in [0, 0.05) is 12.2 Å². The van der Waals surface area contributed by atoms with Gasteiger partial charge in [-0.15, -0.1) is 0 Å². The molecule has 3 unspecified atom stereocenters. The molecule has 1 saturated carbocycles. The minimum atomic E-state index is -0.780. The molecule has 2 N–H and O–H groups in total. The summed E-state index contributed by atoms with van der Waals surface area (Å²) in [6.07, 6.45) is 2.45. The van der Waals surface area contributed by atoms with E-state index in [0.717, 1.165) is 30.5 Å². The van der Waals surface area contributed by atoms with Crippen molar-refractivity contribution in [3.8, 4) is 0 Å². The molecule has 4 nitrogen and oxygen atoms in total. The lowest BCUT2D eigenvalue weighted by Crippen LogP contribution is -2.40. The third-order valence-electron chi connectivity index (χ3n) is 4.14. The zero-order chi connectivity index (χ0) is 12.7. The molecule has 2 aliphatic rings. The van der Waals surface area contributed by atoms with Gasteiger partial charge >= 0.3 is 5.97 Å². The summed E-state index contributed by atoms with van der Waals surface area (Å²) in [5.41, 5.74) is 1.86. The Kier molecular flexibility index (Phi) is 2.74. The van der Waals surface area contributed by atoms with Crippen molar-refractivity contribution in [1.82, 2.24) is 0 Å². The van der Waals surface area contributed by atoms with Gasteiger partial charge in [-0.05, 0) is 30.9 Å². The highest BCUT2D eigenvalue weighted by molar-refractivity contribution is 5.83. The third kappa shape index (κ3) is 1.68. The third-order valence-corrected chi connectivity index (χ3v) is 4.14. The van der Waals surface area contributed by atoms with Crippen LogP contribution < -0.4 is 4.90 Å². The molecule has 1 aliphatic carbocycles. The van der Waals surface area contributed by atoms with Crippen molar-refractivity contribution in [2.45, 2.75) is 37.3 Å². The van der Waals surface area contributed by atoms with E-state index in [9.17, 15) is 15.0 Å². The molecule has 0 saturated heterocycles. The number of hydrogen-bond acceptors (Lipinski definition) is 3. The minimum absolute atomic E-state index is 0.0792. The highest BCUT2D eigenvalue weighted by Crippen LogP contribution is 2.40. The van der Waals surface area contributed by atoms with Crippen molar-refractivity contribution in [3.63, 3.8) is 0 Å². The molecular formula is C14H17NO3. The first-order valence-electron chi connectivity index (χ1n) is 6.45. The van der Waals surface area contributed by atoms with Crippen molar-refractivity contribution in [2.24, 2.45) is 0 Å². The molecule has 0 spiro atoms. The van der Waals surface area contributed by atoms with Crippen molar-refractivity contribution >= 4 is 11.7 Å². The number of nitrogens with zero attached hydrogens (tertiary/aromatic N) is 1. The molecule has 3 atom stereocenters. The van der Waals surface area contributed by atoms with Gasteiger partial charge < -0.3 is 15.1 Å². The van der Waals surface area contributed by atoms with E-state index in [1.165, 1.54) is 0 Å². The number of fused-ring (bicyclic) bond motifs is 1. The van der Waals surface area contributed by atoms with Crippen LogP contribution in [0.4, 0.5) is 5.69 Å². The van der Waals surface area contributed by atoms with Crippen molar-refractivity contribution in [3.05, 3.63) is 29.8 Å². The fourth-order valence-electron chi connectivity index (χ4n) is 3.25. The first-order chi connectivity index (χ1) is 8.68. The summed E-state index contributed by atoms with van der Waals surface area (Å²) in [5.74, 6) is -1.24. The smallest absolute Gasteiger partial charge is 0.312 e. The number of para-hydroxylation sites is 1. The van der Waals surface area contributed by atoms with Gasteiger partial charge in [-0.1, -0.05) is 18.2 Å². The minimum Gasteiger partial charge on any atom is -0.481 e. The zero-order valence-corrected chi connectivity index (χ0v) is 10.1. The summed E-state index contributed by atoms with van der Waals surface area (Å²) in [5, 5.41) is 19.3. The lowest BCUT2D eigenvalue weighted by Gasteiger charge is -2.29. The van der Waals surface area contributed by atoms with Crippen LogP contribution in [0.1, 0.15) is 30.7 Å². The van der Waals surface area contributed by atoms with Crippen molar-refractivity contribution in [2.75, 3.05) is 11.4 Å². The van der Waals surface area contributed by atoms with Gasteiger partial charge in [0.2, 0.25) is 0 Å². The summed E-state index contributed by atoms with van der Waals surface area (Å²) >= 11 is 0. The molecule has 1 aromatic rings. The fourth-order valence-corrected chi connectivity index (χ4v) is 3.25. The Morgan fingerprint density at radius 2 is 2.06 bits per heavy atom. The Labute approximate surface area is 106 Å². The topological polar surface area (TPSA) is 60.8 Å². The number of aliphatic hydroxyl groups is 1. The first-order valence-corrected chi connectivity index (χ1v) is 6.45. The number of aliphatic carboxylic acids is 1. The van der Waals surface area contributed by atoms with E-state index in [-0.39, 0.29) is 12.1 Å². The zero-order valence-electron chi connectivity index (χ0n) is 10.1. The molecule has 1 fully saturated rings. The Morgan fingerprint density at radius 1 is 1.28 bits per heavy atom. The van der Waals surface area contributed by atoms with Crippen LogP contribution >= 0.6 is 0 Å². The monoisotopic (exact) mass is 247 g/mol. The number of rotatable bonds is 2. The summed E-state index contributed by atoms with van der Waals surface area (Å²) in [7, 11) is 0. The van der Waals surface area contributed by atoms with E-state index >= 15 is 0 Å². The second-order valence-electron chi connectivity index (χ2n) is 5.17. The molecule has 1 heterocycles. The van der Waals surface area contributed by atoms with E-state index in [4.69, 9.17) is 0 Å². The molecule has 1 aromatic carbocycles. The molecule has 0 bridgehead atoms. The molecule has 1 aliphatic heterocycles. The van der Waals surface area contributed by atoms with Gasteiger partial charge in [-0.25, -0.2) is 0 Å². The number of carboxylic acids is 1. The maximum atomic E-state index is 11.3. The van der Waals surface area contributed by atoms with Crippen LogP contribution in [0.2, 0.25) is 0 Å². The van der Waals surface area contributed by atoms with Gasteiger partial charge in [-0.2, -0.15) is 0 Å². The van der Waals surface area contributed by atoms with Gasteiger partial charge in [0.1, 0.15) is 5.92 Å². The molecule has 0 radical (unpaired) electrons. The standard InChI is InChI=1S/C14H17NO3/c16-13-7-3-6-12(13)15-8-10(14(17)18)9-4-1-2-5-11(9)15/h1-2,4-5,10,12-13,16H,3,6-8H2,(H,17,18). The predicted molar refractivity (Wildman–Crippen MR) is 67.8 cm³/mol. The van der Waals surface area contributed by atoms with E-state index in [0.29, 0.717) is 6.54 Å². The van der Waals surface area contributed by atoms with Gasteiger partial charge in [0.05, 0.1) is 12.1 Å². The highest BCUT2D eigenvalue weighted by atomic mass is 16.4. The second-order valence-corrected chi connectivity index (χ2v) is 5.17. The molecule has 4 heteroatoms. The van der Waals surface area contributed by atoms with Crippen molar-refractivity contribution in [1.29, 1.82) is 0 Å². The van der Waals surface area contributed by atoms with Crippen LogP contribution in [0, 0.1) is 0 Å². The number of anilines is 1. The lowest BCUT2D eigenvalue weighted by atomic mass is 10.0. The molecule has 3 rings (SSSR count). The molecule has 96 valence electrons. The first kappa shape index (κ1) is 11.5. The van der Waals surface area contributed by atoms with Gasteiger partial charge in [-0.3, -0.25) is 4.79 Å². The average molecular weight is 247 g/mol. The number of aliphatic hydroxyl groups excluding tert-OH is 1. The number of hydrogen-bond donors (Lipinski definition) is 2. The fraction of sp³-hybridized carbons (Fsp3) is 0.500. The predicted octanol–water partition coefficient (Wildman–Crippen LogP) is 1.59. The quantitative estimate of drug-likeness (QED) is 0.833. The van der Waals surface area contributed by atoms with Gasteiger partial charge in [0.25, 0.3) is 0 Å². The molecule has 0 amide bonds. The number of benzene rings is 1. The van der Waals surface area contributed by atoms with Crippen LogP contribution in [-0.4, -0.2) is 34.9 Å². The average Bonchev–Trinajstić information content (AvgIpc) is 2.92. The van der Waals surface area contributed by atoms with E-state index in [2.05, 4.69) is 4.90 Å². The largest absolute Gasteiger partial charge is 0.481 e. The van der Waals surface area contributed by atoms with Crippen LogP contribution in [0.3, 0.4) is 0 Å². The molecular weight excluding hydrogens is 230 g/mol. The summed E-state index contributed by atoms with van der Waals surface area (Å²) in [6, 6.07) is 7.73. The number of carboxylic acid groups (broad SMARTS) is 1. The second kappa shape index (κ2) is 4.28. The maximum absolute atomic E-state index is 11.3. The summed E-state index contributed by atoms with van der Waals surface area (Å²) < 4.78 is 0. The maximum Gasteiger partial charge on any atom is 0.312 e. The lowest BCUT2D eigenvalue weighted by molar-refractivity contribution is -0.138. The van der Waals surface area contributed by atoms with E-state index in [1.807, 2.05) is 24.3 Å².